The van der Waals surface area contributed by atoms with Gasteiger partial charge in [-0.25, -0.2) is 9.09 Å². The molecule has 148 valence electrons. The smallest absolute Gasteiger partial charge is 0.476 e. The summed E-state index contributed by atoms with van der Waals surface area (Å²) >= 11 is 0. The Bertz CT molecular complexity index is 305. The SMILES string of the molecule is CCCCCCCCCCCCCCOP(=O)(O)OC([NH3+])CC.[OH-]. The molecule has 0 aromatic carbocycles. The van der Waals surface area contributed by atoms with Crippen LogP contribution in [0.4, 0.5) is 0 Å². The van der Waals surface area contributed by atoms with Crippen LogP contribution in [0.5, 0.6) is 0 Å². The summed E-state index contributed by atoms with van der Waals surface area (Å²) in [5, 5.41) is 0. The second kappa shape index (κ2) is 17.8. The van der Waals surface area contributed by atoms with Crippen LogP contribution in [0.15, 0.2) is 0 Å². The molecule has 7 heteroatoms. The summed E-state index contributed by atoms with van der Waals surface area (Å²) in [5.41, 5.74) is 3.62. The lowest BCUT2D eigenvalue weighted by Gasteiger charge is -2.13. The maximum absolute atomic E-state index is 11.6. The Balaban J connectivity index is 0. The molecule has 0 radical (unpaired) electrons. The number of phosphoric ester groups is 1. The van der Waals surface area contributed by atoms with E-state index < -0.39 is 14.1 Å². The van der Waals surface area contributed by atoms with Crippen molar-refractivity contribution in [2.45, 2.75) is 104 Å². The topological polar surface area (TPSA) is 113 Å². The minimum absolute atomic E-state index is 0. The first kappa shape index (κ1) is 26.3. The molecule has 0 saturated heterocycles. The van der Waals surface area contributed by atoms with E-state index in [9.17, 15) is 9.46 Å². The first-order valence-electron chi connectivity index (χ1n) is 9.50. The van der Waals surface area contributed by atoms with E-state index in [1.54, 1.807) is 0 Å². The van der Waals surface area contributed by atoms with Crippen LogP contribution in [0.25, 0.3) is 0 Å². The quantitative estimate of drug-likeness (QED) is 0.220. The third-order valence-corrected chi connectivity index (χ3v) is 5.06. The van der Waals surface area contributed by atoms with Crippen molar-refractivity contribution in [2.24, 2.45) is 0 Å². The van der Waals surface area contributed by atoms with Crippen LogP contribution in [-0.4, -0.2) is 23.2 Å². The van der Waals surface area contributed by atoms with Crippen LogP contribution < -0.4 is 5.73 Å². The van der Waals surface area contributed by atoms with Crippen molar-refractivity contribution in [2.75, 3.05) is 6.61 Å². The molecule has 5 N–H and O–H groups in total. The van der Waals surface area contributed by atoms with Gasteiger partial charge in [-0.15, -0.1) is 0 Å². The lowest BCUT2D eigenvalue weighted by Crippen LogP contribution is -2.61. The third kappa shape index (κ3) is 18.4. The second-order valence-corrected chi connectivity index (χ2v) is 7.73. The fourth-order valence-electron chi connectivity index (χ4n) is 2.42. The summed E-state index contributed by atoms with van der Waals surface area (Å²) < 4.78 is 21.4. The summed E-state index contributed by atoms with van der Waals surface area (Å²) in [4.78, 5) is 9.46. The first-order chi connectivity index (χ1) is 11.0. The van der Waals surface area contributed by atoms with Gasteiger partial charge in [0.2, 0.25) is 0 Å². The van der Waals surface area contributed by atoms with Crippen molar-refractivity contribution in [3.8, 4) is 0 Å². The normalized spacial score (nSPS) is 14.8. The van der Waals surface area contributed by atoms with Gasteiger partial charge in [-0.05, 0) is 6.42 Å². The van der Waals surface area contributed by atoms with Gasteiger partial charge in [-0.2, -0.15) is 0 Å². The maximum atomic E-state index is 11.6. The van der Waals surface area contributed by atoms with Crippen LogP contribution in [-0.2, 0) is 13.6 Å². The molecular formula is C17H40NO5P. The van der Waals surface area contributed by atoms with Crippen molar-refractivity contribution in [1.29, 1.82) is 0 Å². The Morgan fingerprint density at radius 3 is 1.71 bits per heavy atom. The van der Waals surface area contributed by atoms with E-state index in [1.807, 2.05) is 6.92 Å². The molecule has 0 aromatic rings. The molecule has 0 heterocycles. The Labute approximate surface area is 148 Å². The molecule has 0 fully saturated rings. The van der Waals surface area contributed by atoms with Crippen LogP contribution in [0.2, 0.25) is 0 Å². The van der Waals surface area contributed by atoms with E-state index in [-0.39, 0.29) is 12.1 Å². The van der Waals surface area contributed by atoms with Gasteiger partial charge in [0.25, 0.3) is 0 Å². The van der Waals surface area contributed by atoms with E-state index in [4.69, 9.17) is 9.05 Å². The number of hydrogen-bond acceptors (Lipinski definition) is 4. The predicted octanol–water partition coefficient (Wildman–Crippen LogP) is 4.62. The zero-order chi connectivity index (χ0) is 17.4. The molecule has 24 heavy (non-hydrogen) atoms. The number of quaternary nitrogens is 1. The molecule has 2 atom stereocenters. The van der Waals surface area contributed by atoms with E-state index >= 15 is 0 Å². The monoisotopic (exact) mass is 369 g/mol. The van der Waals surface area contributed by atoms with E-state index in [1.165, 1.54) is 64.2 Å². The van der Waals surface area contributed by atoms with Crippen molar-refractivity contribution in [1.82, 2.24) is 0 Å². The van der Waals surface area contributed by atoms with Crippen LogP contribution >= 0.6 is 7.82 Å². The zero-order valence-corrected chi connectivity index (χ0v) is 16.6. The van der Waals surface area contributed by atoms with E-state index in [0.29, 0.717) is 6.42 Å². The summed E-state index contributed by atoms with van der Waals surface area (Å²) in [6, 6.07) is 0. The molecule has 0 rings (SSSR count). The summed E-state index contributed by atoms with van der Waals surface area (Å²) in [6.07, 6.45) is 15.2. The van der Waals surface area contributed by atoms with Crippen LogP contribution in [0, 0.1) is 0 Å². The fourth-order valence-corrected chi connectivity index (χ4v) is 3.36. The first-order valence-corrected chi connectivity index (χ1v) is 11.0. The second-order valence-electron chi connectivity index (χ2n) is 6.33. The van der Waals surface area contributed by atoms with Gasteiger partial charge in [0.05, 0.1) is 6.61 Å². The highest BCUT2D eigenvalue weighted by molar-refractivity contribution is 7.47. The number of rotatable bonds is 17. The predicted molar refractivity (Wildman–Crippen MR) is 96.8 cm³/mol. The average Bonchev–Trinajstić information content (AvgIpc) is 2.51. The average molecular weight is 369 g/mol. The highest BCUT2D eigenvalue weighted by Crippen LogP contribution is 2.44. The van der Waals surface area contributed by atoms with Crippen molar-refractivity contribution in [3.63, 3.8) is 0 Å². The van der Waals surface area contributed by atoms with Gasteiger partial charge in [-0.1, -0.05) is 84.5 Å². The standard InChI is InChI=1S/C17H38NO4P.H2O/c1-3-5-6-7-8-9-10-11-12-13-14-15-16-21-23(19,20)22-17(18)4-2;/h17H,3-16,18H2,1-2H3,(H,19,20);1H2. The van der Waals surface area contributed by atoms with Crippen molar-refractivity contribution < 1.29 is 29.7 Å². The third-order valence-electron chi connectivity index (χ3n) is 3.99. The summed E-state index contributed by atoms with van der Waals surface area (Å²) in [5.74, 6) is 0. The zero-order valence-electron chi connectivity index (χ0n) is 15.8. The van der Waals surface area contributed by atoms with Crippen molar-refractivity contribution in [3.05, 3.63) is 0 Å². The van der Waals surface area contributed by atoms with E-state index in [2.05, 4.69) is 12.7 Å². The van der Waals surface area contributed by atoms with Crippen molar-refractivity contribution >= 4 is 7.82 Å². The molecule has 0 spiro atoms. The molecule has 0 aliphatic heterocycles. The lowest BCUT2D eigenvalue weighted by atomic mass is 10.1. The Morgan fingerprint density at radius 1 is 0.875 bits per heavy atom. The molecular weight excluding hydrogens is 329 g/mol. The van der Waals surface area contributed by atoms with E-state index in [0.717, 1.165) is 12.8 Å². The van der Waals surface area contributed by atoms with Gasteiger partial charge >= 0.3 is 7.82 Å². The lowest BCUT2D eigenvalue weighted by molar-refractivity contribution is -0.475. The van der Waals surface area contributed by atoms with Gasteiger partial charge in [0.1, 0.15) is 0 Å². The minimum atomic E-state index is -3.91. The summed E-state index contributed by atoms with van der Waals surface area (Å²) in [6.45, 7) is 4.38. The van der Waals surface area contributed by atoms with Gasteiger partial charge < -0.3 is 16.1 Å². The molecule has 0 amide bonds. The molecule has 6 nitrogen and oxygen atoms in total. The molecule has 0 aromatic heterocycles. The fraction of sp³-hybridized carbons (Fsp3) is 1.00. The van der Waals surface area contributed by atoms with Gasteiger partial charge in [0.15, 0.2) is 6.23 Å². The maximum Gasteiger partial charge on any atom is 0.476 e. The largest absolute Gasteiger partial charge is 0.870 e. The Hall–Kier alpha value is 0.0300. The molecule has 0 bridgehead atoms. The highest BCUT2D eigenvalue weighted by atomic mass is 31.2. The molecule has 0 saturated carbocycles. The number of phosphoric acid groups is 1. The Kier molecular flexibility index (Phi) is 19.5. The molecule has 0 aliphatic carbocycles. The minimum Gasteiger partial charge on any atom is -0.870 e. The molecule has 0 aliphatic rings. The van der Waals surface area contributed by atoms with Crippen LogP contribution in [0.1, 0.15) is 97.3 Å². The van der Waals surface area contributed by atoms with Crippen LogP contribution in [0.3, 0.4) is 0 Å². The van der Waals surface area contributed by atoms with Gasteiger partial charge in [-0.3, -0.25) is 4.52 Å². The summed E-state index contributed by atoms with van der Waals surface area (Å²) in [7, 11) is -3.91. The number of hydrogen-bond donors (Lipinski definition) is 2. The Morgan fingerprint density at radius 2 is 1.29 bits per heavy atom. The number of unbranched alkanes of at least 4 members (excludes halogenated alkanes) is 11. The molecule has 2 unspecified atom stereocenters. The van der Waals surface area contributed by atoms with Gasteiger partial charge in [0, 0.05) is 6.42 Å². The highest BCUT2D eigenvalue weighted by Gasteiger charge is 2.25.